The Balaban J connectivity index is 1.94. The molecule has 1 heterocycles. The van der Waals surface area contributed by atoms with E-state index in [9.17, 15) is 4.39 Å². The number of halogens is 2. The van der Waals surface area contributed by atoms with Crippen LogP contribution in [0.25, 0.3) is 11.1 Å². The van der Waals surface area contributed by atoms with E-state index >= 15 is 0 Å². The number of rotatable bonds is 4. The van der Waals surface area contributed by atoms with Crippen LogP contribution < -0.4 is 5.32 Å². The second-order valence-electron chi connectivity index (χ2n) is 4.85. The summed E-state index contributed by atoms with van der Waals surface area (Å²) in [6, 6.07) is 7.83. The molecular weight excluding hydrogens is 263 g/mol. The van der Waals surface area contributed by atoms with Gasteiger partial charge in [0.1, 0.15) is 5.82 Å². The van der Waals surface area contributed by atoms with Crippen molar-refractivity contribution in [2.75, 3.05) is 0 Å². The Morgan fingerprint density at radius 2 is 2.11 bits per heavy atom. The molecule has 1 aromatic carbocycles. The van der Waals surface area contributed by atoms with Gasteiger partial charge in [0.25, 0.3) is 0 Å². The summed E-state index contributed by atoms with van der Waals surface area (Å²) in [7, 11) is 0. The number of benzene rings is 1. The lowest BCUT2D eigenvalue weighted by atomic mass is 10.0. The second kappa shape index (κ2) is 5.27. The Labute approximate surface area is 116 Å². The minimum absolute atomic E-state index is 0.335. The predicted molar refractivity (Wildman–Crippen MR) is 74.5 cm³/mol. The van der Waals surface area contributed by atoms with Crippen LogP contribution in [0.5, 0.6) is 0 Å². The quantitative estimate of drug-likeness (QED) is 0.919. The van der Waals surface area contributed by atoms with Gasteiger partial charge in [-0.15, -0.1) is 0 Å². The van der Waals surface area contributed by atoms with Crippen LogP contribution >= 0.6 is 11.6 Å². The van der Waals surface area contributed by atoms with E-state index in [1.807, 2.05) is 18.2 Å². The van der Waals surface area contributed by atoms with Crippen LogP contribution in [0, 0.1) is 5.82 Å². The van der Waals surface area contributed by atoms with Crippen molar-refractivity contribution in [3.63, 3.8) is 0 Å². The highest BCUT2D eigenvalue weighted by Crippen LogP contribution is 2.28. The molecule has 0 spiro atoms. The third-order valence-electron chi connectivity index (χ3n) is 3.25. The maximum Gasteiger partial charge on any atom is 0.142 e. The lowest BCUT2D eigenvalue weighted by molar-refractivity contribution is 0.622. The zero-order valence-corrected chi connectivity index (χ0v) is 11.1. The number of pyridine rings is 1. The van der Waals surface area contributed by atoms with E-state index in [1.54, 1.807) is 6.20 Å². The van der Waals surface area contributed by atoms with Gasteiger partial charge in [0, 0.05) is 29.4 Å². The maximum atomic E-state index is 13.3. The smallest absolute Gasteiger partial charge is 0.142 e. The normalized spacial score (nSPS) is 14.6. The van der Waals surface area contributed by atoms with E-state index in [4.69, 9.17) is 11.6 Å². The van der Waals surface area contributed by atoms with E-state index in [0.717, 1.165) is 23.2 Å². The average molecular weight is 277 g/mol. The minimum Gasteiger partial charge on any atom is -0.310 e. The molecule has 2 nitrogen and oxygen atoms in total. The summed E-state index contributed by atoms with van der Waals surface area (Å²) in [5.74, 6) is -0.335. The summed E-state index contributed by atoms with van der Waals surface area (Å²) in [4.78, 5) is 3.90. The van der Waals surface area contributed by atoms with Crippen LogP contribution in [0.2, 0.25) is 5.02 Å². The van der Waals surface area contributed by atoms with Crippen molar-refractivity contribution in [1.29, 1.82) is 0 Å². The molecule has 2 aromatic rings. The van der Waals surface area contributed by atoms with Crippen molar-refractivity contribution in [3.05, 3.63) is 53.1 Å². The first-order valence-corrected chi connectivity index (χ1v) is 6.73. The van der Waals surface area contributed by atoms with Crippen molar-refractivity contribution in [2.45, 2.75) is 25.4 Å². The highest BCUT2D eigenvalue weighted by molar-refractivity contribution is 6.30. The SMILES string of the molecule is Fc1cncc(-c2cc(Cl)ccc2CNC2CC2)c1. The van der Waals surface area contributed by atoms with Crippen LogP contribution in [0.4, 0.5) is 4.39 Å². The van der Waals surface area contributed by atoms with Crippen LogP contribution in [0.15, 0.2) is 36.7 Å². The molecule has 98 valence electrons. The van der Waals surface area contributed by atoms with Gasteiger partial charge in [-0.3, -0.25) is 4.98 Å². The van der Waals surface area contributed by atoms with Gasteiger partial charge in [0.05, 0.1) is 6.20 Å². The molecule has 1 saturated carbocycles. The third-order valence-corrected chi connectivity index (χ3v) is 3.48. The molecule has 4 heteroatoms. The van der Waals surface area contributed by atoms with Crippen LogP contribution in [-0.2, 0) is 6.54 Å². The topological polar surface area (TPSA) is 24.9 Å². The molecule has 1 fully saturated rings. The fourth-order valence-corrected chi connectivity index (χ4v) is 2.24. The Kier molecular flexibility index (Phi) is 3.49. The van der Waals surface area contributed by atoms with Crippen molar-refractivity contribution >= 4 is 11.6 Å². The molecule has 3 rings (SSSR count). The third kappa shape index (κ3) is 3.11. The standard InChI is InChI=1S/C15H14ClFN2/c16-12-2-1-10(8-19-14-3-4-14)15(6-12)11-5-13(17)9-18-7-11/h1-2,5-7,9,14,19H,3-4,8H2. The van der Waals surface area contributed by atoms with Gasteiger partial charge in [-0.2, -0.15) is 0 Å². The summed E-state index contributed by atoms with van der Waals surface area (Å²) in [6.07, 6.45) is 5.35. The number of nitrogens with zero attached hydrogens (tertiary/aromatic N) is 1. The number of aromatic nitrogens is 1. The van der Waals surface area contributed by atoms with E-state index in [-0.39, 0.29) is 5.82 Å². The molecule has 0 atom stereocenters. The molecule has 19 heavy (non-hydrogen) atoms. The highest BCUT2D eigenvalue weighted by Gasteiger charge is 2.20. The van der Waals surface area contributed by atoms with Gasteiger partial charge >= 0.3 is 0 Å². The fraction of sp³-hybridized carbons (Fsp3) is 0.267. The first kappa shape index (κ1) is 12.6. The van der Waals surface area contributed by atoms with Gasteiger partial charge in [-0.1, -0.05) is 17.7 Å². The van der Waals surface area contributed by atoms with Gasteiger partial charge < -0.3 is 5.32 Å². The lowest BCUT2D eigenvalue weighted by Gasteiger charge is -2.11. The van der Waals surface area contributed by atoms with Gasteiger partial charge in [-0.05, 0) is 42.2 Å². The monoisotopic (exact) mass is 276 g/mol. The molecule has 0 unspecified atom stereocenters. The Hall–Kier alpha value is -1.45. The van der Waals surface area contributed by atoms with E-state index in [1.165, 1.54) is 25.1 Å². The molecule has 0 aliphatic heterocycles. The first-order chi connectivity index (χ1) is 9.22. The van der Waals surface area contributed by atoms with Crippen molar-refractivity contribution in [2.24, 2.45) is 0 Å². The summed E-state index contributed by atoms with van der Waals surface area (Å²) in [5.41, 5.74) is 2.81. The highest BCUT2D eigenvalue weighted by atomic mass is 35.5. The predicted octanol–water partition coefficient (Wildman–Crippen LogP) is 3.79. The summed E-state index contributed by atoms with van der Waals surface area (Å²) in [6.45, 7) is 0.772. The van der Waals surface area contributed by atoms with Crippen LogP contribution in [-0.4, -0.2) is 11.0 Å². The number of nitrogens with one attached hydrogen (secondary N) is 1. The zero-order valence-electron chi connectivity index (χ0n) is 10.4. The average Bonchev–Trinajstić information content (AvgIpc) is 3.21. The van der Waals surface area contributed by atoms with Crippen molar-refractivity contribution in [3.8, 4) is 11.1 Å². The molecule has 0 bridgehead atoms. The molecule has 0 saturated heterocycles. The molecule has 0 amide bonds. The Morgan fingerprint density at radius 3 is 2.84 bits per heavy atom. The van der Waals surface area contributed by atoms with Crippen molar-refractivity contribution in [1.82, 2.24) is 10.3 Å². The molecule has 1 aliphatic rings. The van der Waals surface area contributed by atoms with E-state index in [0.29, 0.717) is 11.1 Å². The van der Waals surface area contributed by atoms with Crippen LogP contribution in [0.1, 0.15) is 18.4 Å². The molecule has 1 N–H and O–H groups in total. The van der Waals surface area contributed by atoms with Crippen LogP contribution in [0.3, 0.4) is 0 Å². The number of hydrogen-bond donors (Lipinski definition) is 1. The lowest BCUT2D eigenvalue weighted by Crippen LogP contribution is -2.15. The van der Waals surface area contributed by atoms with Gasteiger partial charge in [-0.25, -0.2) is 4.39 Å². The fourth-order valence-electron chi connectivity index (χ4n) is 2.07. The molecule has 0 radical (unpaired) electrons. The van der Waals surface area contributed by atoms with E-state index in [2.05, 4.69) is 10.3 Å². The summed E-state index contributed by atoms with van der Waals surface area (Å²) >= 11 is 6.05. The van der Waals surface area contributed by atoms with Crippen molar-refractivity contribution < 1.29 is 4.39 Å². The first-order valence-electron chi connectivity index (χ1n) is 6.35. The van der Waals surface area contributed by atoms with Gasteiger partial charge in [0.15, 0.2) is 0 Å². The number of hydrogen-bond acceptors (Lipinski definition) is 2. The second-order valence-corrected chi connectivity index (χ2v) is 5.28. The van der Waals surface area contributed by atoms with E-state index < -0.39 is 0 Å². The minimum atomic E-state index is -0.335. The summed E-state index contributed by atoms with van der Waals surface area (Å²) in [5, 5.41) is 4.11. The summed E-state index contributed by atoms with van der Waals surface area (Å²) < 4.78 is 13.3. The Morgan fingerprint density at radius 1 is 1.26 bits per heavy atom. The Bertz CT molecular complexity index is 596. The van der Waals surface area contributed by atoms with Gasteiger partial charge in [0.2, 0.25) is 0 Å². The molecule has 1 aliphatic carbocycles. The largest absolute Gasteiger partial charge is 0.310 e. The molecule has 1 aromatic heterocycles. The molecular formula is C15H14ClFN2. The maximum absolute atomic E-state index is 13.3. The zero-order chi connectivity index (χ0) is 13.2.